The Kier molecular flexibility index (Phi) is 5.33. The third-order valence-electron chi connectivity index (χ3n) is 6.35. The Balaban J connectivity index is 1.47. The summed E-state index contributed by atoms with van der Waals surface area (Å²) in [6.07, 6.45) is 7.06. The minimum Gasteiger partial charge on any atom is -0.354 e. The normalized spacial score (nSPS) is 19.8. The Morgan fingerprint density at radius 1 is 1.10 bits per heavy atom. The predicted molar refractivity (Wildman–Crippen MR) is 107 cm³/mol. The molecule has 1 atom stereocenters. The molecule has 8 heteroatoms. The number of rotatable bonds is 5. The van der Waals surface area contributed by atoms with Gasteiger partial charge in [-0.25, -0.2) is 26.9 Å². The summed E-state index contributed by atoms with van der Waals surface area (Å²) in [5, 5.41) is 0. The maximum absolute atomic E-state index is 14.7. The molecule has 0 unspecified atom stereocenters. The van der Waals surface area contributed by atoms with Gasteiger partial charge in [0.05, 0.1) is 0 Å². The van der Waals surface area contributed by atoms with Crippen molar-refractivity contribution < 1.29 is 17.2 Å². The number of halogens is 2. The molecule has 29 heavy (non-hydrogen) atoms. The molecule has 1 saturated carbocycles. The number of sulfonamides is 1. The number of anilines is 1. The standard InChI is InChI=1S/C21H25F2N3O2S/c1-15(16-3-5-17(22)6-4-16)25-29(27,28)18-13-19(23)20(24-14-18)26-11-9-21(10-12-26)7-2-8-21/h3-6,13-15,25H,2,7-12H2,1H3/t15-/m1/s1. The second-order valence-electron chi connectivity index (χ2n) is 8.21. The number of nitrogens with zero attached hydrogens (tertiary/aromatic N) is 2. The molecule has 2 heterocycles. The maximum atomic E-state index is 14.7. The highest BCUT2D eigenvalue weighted by Crippen LogP contribution is 2.49. The first-order valence-electron chi connectivity index (χ1n) is 9.96. The number of hydrogen-bond acceptors (Lipinski definition) is 4. The van der Waals surface area contributed by atoms with Crippen molar-refractivity contribution in [2.24, 2.45) is 5.41 Å². The van der Waals surface area contributed by atoms with Crippen LogP contribution in [-0.4, -0.2) is 26.5 Å². The maximum Gasteiger partial charge on any atom is 0.242 e. The first-order valence-corrected chi connectivity index (χ1v) is 11.4. The molecule has 1 aliphatic heterocycles. The van der Waals surface area contributed by atoms with Crippen LogP contribution in [0.2, 0.25) is 0 Å². The fourth-order valence-electron chi connectivity index (χ4n) is 4.28. The number of benzene rings is 1. The molecule has 0 radical (unpaired) electrons. The fraction of sp³-hybridized carbons (Fsp3) is 0.476. The van der Waals surface area contributed by atoms with E-state index >= 15 is 0 Å². The largest absolute Gasteiger partial charge is 0.354 e. The van der Waals surface area contributed by atoms with Crippen LogP contribution in [0.1, 0.15) is 50.6 Å². The van der Waals surface area contributed by atoms with Crippen molar-refractivity contribution in [3.8, 4) is 0 Å². The van der Waals surface area contributed by atoms with E-state index in [0.29, 0.717) is 11.0 Å². The molecular weight excluding hydrogens is 396 g/mol. The lowest BCUT2D eigenvalue weighted by atomic mass is 9.63. The molecule has 0 bridgehead atoms. The van der Waals surface area contributed by atoms with Crippen LogP contribution in [0.4, 0.5) is 14.6 Å². The Morgan fingerprint density at radius 3 is 2.31 bits per heavy atom. The van der Waals surface area contributed by atoms with Crippen molar-refractivity contribution in [3.63, 3.8) is 0 Å². The monoisotopic (exact) mass is 421 g/mol. The molecule has 2 fully saturated rings. The molecule has 1 N–H and O–H groups in total. The minimum atomic E-state index is -3.97. The number of hydrogen-bond donors (Lipinski definition) is 1. The molecule has 1 saturated heterocycles. The van der Waals surface area contributed by atoms with Crippen LogP contribution in [0.25, 0.3) is 0 Å². The Labute approximate surface area is 170 Å². The van der Waals surface area contributed by atoms with E-state index in [9.17, 15) is 17.2 Å². The van der Waals surface area contributed by atoms with Crippen molar-refractivity contribution in [3.05, 3.63) is 53.7 Å². The van der Waals surface area contributed by atoms with Crippen molar-refractivity contribution in [2.75, 3.05) is 18.0 Å². The highest BCUT2D eigenvalue weighted by atomic mass is 32.2. The molecule has 1 spiro atoms. The zero-order valence-corrected chi connectivity index (χ0v) is 17.2. The predicted octanol–water partition coefficient (Wildman–Crippen LogP) is 4.17. The third-order valence-corrected chi connectivity index (χ3v) is 7.85. The topological polar surface area (TPSA) is 62.3 Å². The van der Waals surface area contributed by atoms with Crippen molar-refractivity contribution >= 4 is 15.8 Å². The Hall–Kier alpha value is -2.06. The van der Waals surface area contributed by atoms with Crippen molar-refractivity contribution in [2.45, 2.75) is 50.0 Å². The van der Waals surface area contributed by atoms with Crippen LogP contribution in [0.15, 0.2) is 41.4 Å². The molecular formula is C21H25F2N3O2S. The van der Waals surface area contributed by atoms with Crippen LogP contribution >= 0.6 is 0 Å². The summed E-state index contributed by atoms with van der Waals surface area (Å²) in [5.41, 5.74) is 1.05. The zero-order valence-electron chi connectivity index (χ0n) is 16.4. The molecule has 4 rings (SSSR count). The van der Waals surface area contributed by atoms with E-state index in [1.807, 2.05) is 4.90 Å². The minimum absolute atomic E-state index is 0.213. The van der Waals surface area contributed by atoms with Crippen LogP contribution < -0.4 is 9.62 Å². The highest BCUT2D eigenvalue weighted by Gasteiger charge is 2.40. The van der Waals surface area contributed by atoms with Gasteiger partial charge in [0, 0.05) is 25.3 Å². The molecule has 1 aliphatic carbocycles. The van der Waals surface area contributed by atoms with Gasteiger partial charge >= 0.3 is 0 Å². The average molecular weight is 422 g/mol. The summed E-state index contributed by atoms with van der Waals surface area (Å²) in [6, 6.07) is 5.98. The third kappa shape index (κ3) is 4.14. The summed E-state index contributed by atoms with van der Waals surface area (Å²) in [6.45, 7) is 3.14. The number of aromatic nitrogens is 1. The smallest absolute Gasteiger partial charge is 0.242 e. The summed E-state index contributed by atoms with van der Waals surface area (Å²) in [4.78, 5) is 5.82. The van der Waals surface area contributed by atoms with Gasteiger partial charge in [-0.05, 0) is 61.8 Å². The SMILES string of the molecule is C[C@@H](NS(=O)(=O)c1cnc(N2CCC3(CCC3)CC2)c(F)c1)c1ccc(F)cc1. The van der Waals surface area contributed by atoms with Gasteiger partial charge in [0.2, 0.25) is 10.0 Å². The lowest BCUT2D eigenvalue weighted by Crippen LogP contribution is -2.44. The summed E-state index contributed by atoms with van der Waals surface area (Å²) < 4.78 is 55.6. The number of pyridine rings is 1. The van der Waals surface area contributed by atoms with Crippen molar-refractivity contribution in [1.29, 1.82) is 0 Å². The van der Waals surface area contributed by atoms with E-state index < -0.39 is 27.7 Å². The van der Waals surface area contributed by atoms with E-state index in [1.165, 1.54) is 49.7 Å². The van der Waals surface area contributed by atoms with Crippen LogP contribution in [0.3, 0.4) is 0 Å². The molecule has 1 aromatic heterocycles. The molecule has 1 aromatic carbocycles. The number of nitrogens with one attached hydrogen (secondary N) is 1. The zero-order chi connectivity index (χ0) is 20.6. The van der Waals surface area contributed by atoms with Gasteiger partial charge < -0.3 is 4.90 Å². The second kappa shape index (κ2) is 7.65. The quantitative estimate of drug-likeness (QED) is 0.787. The van der Waals surface area contributed by atoms with Gasteiger partial charge in [-0.1, -0.05) is 18.6 Å². The van der Waals surface area contributed by atoms with E-state index in [1.54, 1.807) is 6.92 Å². The summed E-state index contributed by atoms with van der Waals surface area (Å²) in [5.74, 6) is -0.816. The Morgan fingerprint density at radius 2 is 1.76 bits per heavy atom. The van der Waals surface area contributed by atoms with E-state index in [0.717, 1.165) is 32.0 Å². The van der Waals surface area contributed by atoms with Gasteiger partial charge in [-0.3, -0.25) is 0 Å². The van der Waals surface area contributed by atoms with Gasteiger partial charge in [0.1, 0.15) is 10.7 Å². The fourth-order valence-corrected chi connectivity index (χ4v) is 5.47. The Bertz CT molecular complexity index is 981. The van der Waals surface area contributed by atoms with E-state index in [-0.39, 0.29) is 10.7 Å². The van der Waals surface area contributed by atoms with Crippen molar-refractivity contribution in [1.82, 2.24) is 9.71 Å². The van der Waals surface area contributed by atoms with Gasteiger partial charge in [0.15, 0.2) is 11.6 Å². The molecule has 156 valence electrons. The second-order valence-corrected chi connectivity index (χ2v) is 9.93. The first-order chi connectivity index (χ1) is 13.8. The van der Waals surface area contributed by atoms with Gasteiger partial charge in [-0.2, -0.15) is 0 Å². The summed E-state index contributed by atoms with van der Waals surface area (Å²) >= 11 is 0. The van der Waals surface area contributed by atoms with Gasteiger partial charge in [0.25, 0.3) is 0 Å². The summed E-state index contributed by atoms with van der Waals surface area (Å²) in [7, 11) is -3.97. The van der Waals surface area contributed by atoms with Gasteiger partial charge in [-0.15, -0.1) is 0 Å². The first kappa shape index (κ1) is 20.2. The van der Waals surface area contributed by atoms with E-state index in [2.05, 4.69) is 9.71 Å². The van der Waals surface area contributed by atoms with Crippen LogP contribution in [0.5, 0.6) is 0 Å². The molecule has 5 nitrogen and oxygen atoms in total. The highest BCUT2D eigenvalue weighted by molar-refractivity contribution is 7.89. The average Bonchev–Trinajstić information content (AvgIpc) is 2.67. The van der Waals surface area contributed by atoms with Crippen LogP contribution in [0, 0.1) is 17.0 Å². The molecule has 0 amide bonds. The van der Waals surface area contributed by atoms with Crippen LogP contribution in [-0.2, 0) is 10.0 Å². The lowest BCUT2D eigenvalue weighted by Gasteiger charge is -2.48. The van der Waals surface area contributed by atoms with E-state index in [4.69, 9.17) is 0 Å². The molecule has 2 aromatic rings. The lowest BCUT2D eigenvalue weighted by molar-refractivity contribution is 0.0951. The number of piperidine rings is 1. The molecule has 2 aliphatic rings.